The summed E-state index contributed by atoms with van der Waals surface area (Å²) in [5.74, 6) is 0.0383. The van der Waals surface area contributed by atoms with Crippen molar-refractivity contribution in [1.29, 1.82) is 0 Å². The van der Waals surface area contributed by atoms with Crippen LogP contribution < -0.4 is 0 Å². The molecule has 5 nitrogen and oxygen atoms in total. The number of hydrogen-bond acceptors (Lipinski definition) is 3. The lowest BCUT2D eigenvalue weighted by molar-refractivity contribution is 0.355. The van der Waals surface area contributed by atoms with Crippen LogP contribution in [0.25, 0.3) is 0 Å². The van der Waals surface area contributed by atoms with Crippen LogP contribution in [0, 0.1) is 0 Å². The topological polar surface area (TPSA) is 98.0 Å². The Morgan fingerprint density at radius 3 is 1.55 bits per heavy atom. The molecule has 0 saturated carbocycles. The van der Waals surface area contributed by atoms with E-state index in [1.807, 2.05) is 0 Å². The van der Waals surface area contributed by atoms with E-state index in [1.54, 1.807) is 48.5 Å². The van der Waals surface area contributed by atoms with Gasteiger partial charge in [-0.25, -0.2) is 0 Å². The molecule has 0 aliphatic rings. The number of phenolic OH excluding ortho intramolecular Hbond substituents is 2. The van der Waals surface area contributed by atoms with Crippen LogP contribution in [0.3, 0.4) is 0 Å². The molecule has 4 N–H and O–H groups in total. The molecule has 1 unspecified atom stereocenters. The van der Waals surface area contributed by atoms with E-state index in [4.69, 9.17) is 0 Å². The lowest BCUT2D eigenvalue weighted by atomic mass is 9.87. The first-order valence-electron chi connectivity index (χ1n) is 6.90. The van der Waals surface area contributed by atoms with Crippen LogP contribution in [0.15, 0.2) is 48.5 Å². The predicted octanol–water partition coefficient (Wildman–Crippen LogP) is 3.19. The summed E-state index contributed by atoms with van der Waals surface area (Å²) in [4.78, 5) is 18.7. The molecule has 2 aromatic rings. The van der Waals surface area contributed by atoms with Gasteiger partial charge in [0.2, 0.25) is 0 Å². The molecular weight excluding hydrogens is 303 g/mol. The molecule has 0 heterocycles. The summed E-state index contributed by atoms with van der Waals surface area (Å²) in [6.45, 7) is 1.52. The largest absolute Gasteiger partial charge is 0.508 e. The van der Waals surface area contributed by atoms with E-state index in [0.717, 1.165) is 11.1 Å². The van der Waals surface area contributed by atoms with Crippen molar-refractivity contribution in [3.8, 4) is 11.5 Å². The van der Waals surface area contributed by atoms with Crippen molar-refractivity contribution in [3.63, 3.8) is 0 Å². The highest BCUT2D eigenvalue weighted by Gasteiger charge is 2.28. The fraction of sp³-hybridized carbons (Fsp3) is 0.250. The van der Waals surface area contributed by atoms with Crippen LogP contribution in [-0.4, -0.2) is 25.7 Å². The molecule has 2 rings (SSSR count). The maximum absolute atomic E-state index is 11.5. The quantitative estimate of drug-likeness (QED) is 0.634. The third kappa shape index (κ3) is 4.10. The van der Waals surface area contributed by atoms with Crippen molar-refractivity contribution in [2.24, 2.45) is 0 Å². The Morgan fingerprint density at radius 2 is 1.23 bits per heavy atom. The first kappa shape index (κ1) is 16.6. The van der Waals surface area contributed by atoms with Crippen LogP contribution >= 0.6 is 7.60 Å². The summed E-state index contributed by atoms with van der Waals surface area (Å²) in [5.41, 5.74) is 0.910. The second kappa shape index (κ2) is 6.53. The van der Waals surface area contributed by atoms with Gasteiger partial charge in [-0.3, -0.25) is 4.57 Å². The molecule has 0 bridgehead atoms. The Bertz CT molecular complexity index is 614. The van der Waals surface area contributed by atoms with Gasteiger partial charge in [0.25, 0.3) is 0 Å². The van der Waals surface area contributed by atoms with Gasteiger partial charge < -0.3 is 20.0 Å². The van der Waals surface area contributed by atoms with E-state index in [1.165, 1.54) is 6.92 Å². The third-order valence-corrected chi connectivity index (χ3v) is 5.10. The van der Waals surface area contributed by atoms with Crippen LogP contribution in [-0.2, 0) is 4.57 Å². The van der Waals surface area contributed by atoms with E-state index >= 15 is 0 Å². The van der Waals surface area contributed by atoms with Crippen LogP contribution in [0.2, 0.25) is 0 Å². The van der Waals surface area contributed by atoms with Gasteiger partial charge in [0.05, 0.1) is 5.66 Å². The minimum absolute atomic E-state index is 0.135. The smallest absolute Gasteiger partial charge is 0.328 e. The normalized spacial score (nSPS) is 13.3. The average Bonchev–Trinajstić information content (AvgIpc) is 2.46. The van der Waals surface area contributed by atoms with Gasteiger partial charge >= 0.3 is 7.60 Å². The molecule has 0 amide bonds. The molecule has 0 radical (unpaired) electrons. The van der Waals surface area contributed by atoms with Gasteiger partial charge in [-0.15, -0.1) is 0 Å². The maximum Gasteiger partial charge on any atom is 0.328 e. The van der Waals surface area contributed by atoms with Crippen molar-refractivity contribution in [1.82, 2.24) is 0 Å². The summed E-state index contributed by atoms with van der Waals surface area (Å²) in [7, 11) is -4.17. The Balaban J connectivity index is 2.38. The van der Waals surface area contributed by atoms with Crippen molar-refractivity contribution in [2.75, 3.05) is 0 Å². The van der Waals surface area contributed by atoms with Gasteiger partial charge in [-0.05, 0) is 41.8 Å². The summed E-state index contributed by atoms with van der Waals surface area (Å²) >= 11 is 0. The zero-order chi connectivity index (χ0) is 16.3. The van der Waals surface area contributed by atoms with E-state index in [9.17, 15) is 24.6 Å². The third-order valence-electron chi connectivity index (χ3n) is 3.74. The molecule has 0 spiro atoms. The minimum Gasteiger partial charge on any atom is -0.508 e. The van der Waals surface area contributed by atoms with Crippen molar-refractivity contribution >= 4 is 7.60 Å². The molecule has 0 aliphatic heterocycles. The molecule has 22 heavy (non-hydrogen) atoms. The molecule has 0 saturated heterocycles. The molecule has 6 heteroatoms. The summed E-state index contributed by atoms with van der Waals surface area (Å²) in [6.07, 6.45) is 0.264. The number of phenols is 2. The van der Waals surface area contributed by atoms with Gasteiger partial charge in [-0.2, -0.15) is 0 Å². The van der Waals surface area contributed by atoms with E-state index < -0.39 is 13.3 Å². The molecule has 2 aromatic carbocycles. The van der Waals surface area contributed by atoms with Gasteiger partial charge in [-0.1, -0.05) is 31.2 Å². The maximum atomic E-state index is 11.5. The Morgan fingerprint density at radius 1 is 0.864 bits per heavy atom. The highest BCUT2D eigenvalue weighted by Crippen LogP contribution is 2.46. The first-order chi connectivity index (χ1) is 10.3. The van der Waals surface area contributed by atoms with Crippen molar-refractivity contribution < 1.29 is 24.6 Å². The highest BCUT2D eigenvalue weighted by molar-refractivity contribution is 7.52. The Labute approximate surface area is 129 Å². The molecule has 0 aliphatic carbocycles. The highest BCUT2D eigenvalue weighted by atomic mass is 31.2. The molecule has 0 fully saturated rings. The van der Waals surface area contributed by atoms with Crippen LogP contribution in [0.5, 0.6) is 11.5 Å². The minimum atomic E-state index is -4.17. The summed E-state index contributed by atoms with van der Waals surface area (Å²) in [5, 5.41) is 18.8. The van der Waals surface area contributed by atoms with Gasteiger partial charge in [0, 0.05) is 5.92 Å². The molecule has 1 atom stereocenters. The van der Waals surface area contributed by atoms with Crippen molar-refractivity contribution in [2.45, 2.75) is 24.9 Å². The lowest BCUT2D eigenvalue weighted by Crippen LogP contribution is -2.11. The average molecular weight is 322 g/mol. The SMILES string of the molecule is CC(CC(c1ccc(O)cc1)c1ccc(O)cc1)P(=O)(O)O. The lowest BCUT2D eigenvalue weighted by Gasteiger charge is -2.23. The van der Waals surface area contributed by atoms with Crippen LogP contribution in [0.1, 0.15) is 30.4 Å². The van der Waals surface area contributed by atoms with E-state index in [0.29, 0.717) is 0 Å². The number of aromatic hydroxyl groups is 2. The zero-order valence-corrected chi connectivity index (χ0v) is 13.0. The Kier molecular flexibility index (Phi) is 4.91. The van der Waals surface area contributed by atoms with Gasteiger partial charge in [0.15, 0.2) is 0 Å². The number of rotatable bonds is 5. The van der Waals surface area contributed by atoms with E-state index in [2.05, 4.69) is 0 Å². The standard InChI is InChI=1S/C16H19O5P/c1-11(22(19,20)21)10-16(12-2-6-14(17)7-3-12)13-4-8-15(18)9-5-13/h2-9,11,16-18H,10H2,1H3,(H2,19,20,21). The second-order valence-corrected chi connectivity index (χ2v) is 7.47. The molecule has 118 valence electrons. The monoisotopic (exact) mass is 322 g/mol. The van der Waals surface area contributed by atoms with E-state index in [-0.39, 0.29) is 23.8 Å². The van der Waals surface area contributed by atoms with Crippen molar-refractivity contribution in [3.05, 3.63) is 59.7 Å². The summed E-state index contributed by atoms with van der Waals surface area (Å²) < 4.78 is 11.5. The molecule has 0 aromatic heterocycles. The first-order valence-corrected chi connectivity index (χ1v) is 8.58. The fourth-order valence-corrected chi connectivity index (χ4v) is 2.84. The number of hydrogen-bond donors (Lipinski definition) is 4. The Hall–Kier alpha value is -1.81. The zero-order valence-electron chi connectivity index (χ0n) is 12.1. The van der Waals surface area contributed by atoms with Gasteiger partial charge in [0.1, 0.15) is 11.5 Å². The molecular formula is C16H19O5P. The van der Waals surface area contributed by atoms with Crippen LogP contribution in [0.4, 0.5) is 0 Å². The fourth-order valence-electron chi connectivity index (χ4n) is 2.36. The summed E-state index contributed by atoms with van der Waals surface area (Å²) in [6, 6.07) is 13.1. The number of benzene rings is 2. The predicted molar refractivity (Wildman–Crippen MR) is 84.2 cm³/mol. The second-order valence-electron chi connectivity index (χ2n) is 5.41.